The van der Waals surface area contributed by atoms with Gasteiger partial charge in [-0.3, -0.25) is 9.59 Å². The number of hydrogen-bond acceptors (Lipinski definition) is 3. The molecule has 4 aliphatic rings. The van der Waals surface area contributed by atoms with Gasteiger partial charge in [-0.15, -0.1) is 0 Å². The Kier molecular flexibility index (Phi) is 3.86. The number of amides is 1. The van der Waals surface area contributed by atoms with Crippen molar-refractivity contribution in [3.05, 3.63) is 35.9 Å². The van der Waals surface area contributed by atoms with Crippen LogP contribution in [0, 0.1) is 29.1 Å². The first kappa shape index (κ1) is 15.7. The van der Waals surface area contributed by atoms with Crippen LogP contribution >= 0.6 is 0 Å². The van der Waals surface area contributed by atoms with E-state index < -0.39 is 0 Å². The summed E-state index contributed by atoms with van der Waals surface area (Å²) in [5.41, 5.74) is 6.46. The standard InChI is InChI=1S/C20H25NO3/c21-19(23)20-9-14-6-15(10-20)17(16(7-14)11-20)8-18(22)24-12-13-4-2-1-3-5-13/h1-5,14-17H,6-12H2,(H2,21,23)/t14?,15-,16+,17?,20?. The molecule has 128 valence electrons. The Bertz CT molecular complexity index is 626. The highest BCUT2D eigenvalue weighted by Gasteiger charge is 2.57. The summed E-state index contributed by atoms with van der Waals surface area (Å²) in [6.45, 7) is 0.343. The van der Waals surface area contributed by atoms with Crippen LogP contribution < -0.4 is 5.73 Å². The second kappa shape index (κ2) is 5.91. The van der Waals surface area contributed by atoms with Gasteiger partial charge in [0.25, 0.3) is 0 Å². The average Bonchev–Trinajstić information content (AvgIpc) is 2.56. The summed E-state index contributed by atoms with van der Waals surface area (Å²) in [6.07, 6.45) is 5.53. The molecule has 4 fully saturated rings. The van der Waals surface area contributed by atoms with Gasteiger partial charge in [0.2, 0.25) is 5.91 Å². The normalized spacial score (nSPS) is 36.5. The zero-order valence-corrected chi connectivity index (χ0v) is 13.9. The summed E-state index contributed by atoms with van der Waals surface area (Å²) in [6, 6.07) is 9.78. The van der Waals surface area contributed by atoms with E-state index in [4.69, 9.17) is 10.5 Å². The van der Waals surface area contributed by atoms with Gasteiger partial charge in [-0.2, -0.15) is 0 Å². The van der Waals surface area contributed by atoms with E-state index in [2.05, 4.69) is 0 Å². The minimum atomic E-state index is -0.277. The maximum absolute atomic E-state index is 12.3. The highest BCUT2D eigenvalue weighted by atomic mass is 16.5. The maximum Gasteiger partial charge on any atom is 0.306 e. The smallest absolute Gasteiger partial charge is 0.306 e. The lowest BCUT2D eigenvalue weighted by molar-refractivity contribution is -0.158. The number of ether oxygens (including phenoxy) is 1. The Hall–Kier alpha value is -1.84. The summed E-state index contributed by atoms with van der Waals surface area (Å²) in [7, 11) is 0. The van der Waals surface area contributed by atoms with Crippen LogP contribution in [0.5, 0.6) is 0 Å². The summed E-state index contributed by atoms with van der Waals surface area (Å²) in [5.74, 6) is 1.71. The quantitative estimate of drug-likeness (QED) is 0.845. The fourth-order valence-electron chi connectivity index (χ4n) is 5.75. The second-order valence-electron chi connectivity index (χ2n) is 8.13. The predicted molar refractivity (Wildman–Crippen MR) is 89.5 cm³/mol. The van der Waals surface area contributed by atoms with Crippen LogP contribution in [0.25, 0.3) is 0 Å². The van der Waals surface area contributed by atoms with Gasteiger partial charge in [-0.25, -0.2) is 0 Å². The molecule has 4 heteroatoms. The largest absolute Gasteiger partial charge is 0.461 e. The topological polar surface area (TPSA) is 69.4 Å². The molecule has 4 nitrogen and oxygen atoms in total. The van der Waals surface area contributed by atoms with E-state index in [-0.39, 0.29) is 17.3 Å². The van der Waals surface area contributed by atoms with Crippen molar-refractivity contribution in [1.29, 1.82) is 0 Å². The Labute approximate surface area is 142 Å². The SMILES string of the molecule is NC(=O)C12CC3C[C@H](C1)C(CC(=O)OCc1ccccc1)[C@@H](C3)C2. The summed E-state index contributed by atoms with van der Waals surface area (Å²) >= 11 is 0. The lowest BCUT2D eigenvalue weighted by Crippen LogP contribution is -2.56. The van der Waals surface area contributed by atoms with Gasteiger partial charge in [0.15, 0.2) is 0 Å². The van der Waals surface area contributed by atoms with Crippen LogP contribution in [-0.2, 0) is 20.9 Å². The number of rotatable bonds is 5. The Morgan fingerprint density at radius 1 is 1.08 bits per heavy atom. The molecule has 0 saturated heterocycles. The van der Waals surface area contributed by atoms with Crippen molar-refractivity contribution in [2.24, 2.45) is 34.8 Å². The lowest BCUT2D eigenvalue weighted by atomic mass is 9.45. The van der Waals surface area contributed by atoms with Crippen molar-refractivity contribution in [2.45, 2.75) is 45.1 Å². The molecule has 0 aromatic heterocycles. The van der Waals surface area contributed by atoms with Crippen molar-refractivity contribution in [1.82, 2.24) is 0 Å². The molecule has 0 aliphatic heterocycles. The number of esters is 1. The molecule has 3 unspecified atom stereocenters. The molecule has 2 N–H and O–H groups in total. The molecule has 5 rings (SSSR count). The molecular weight excluding hydrogens is 302 g/mol. The van der Waals surface area contributed by atoms with Gasteiger partial charge in [0.05, 0.1) is 0 Å². The van der Waals surface area contributed by atoms with E-state index in [1.54, 1.807) is 0 Å². The van der Waals surface area contributed by atoms with E-state index in [1.165, 1.54) is 0 Å². The first-order chi connectivity index (χ1) is 11.6. The van der Waals surface area contributed by atoms with E-state index in [0.29, 0.717) is 36.7 Å². The Balaban J connectivity index is 1.38. The molecule has 0 radical (unpaired) electrons. The molecule has 4 saturated carbocycles. The van der Waals surface area contributed by atoms with Crippen molar-refractivity contribution in [3.8, 4) is 0 Å². The molecule has 24 heavy (non-hydrogen) atoms. The first-order valence-corrected chi connectivity index (χ1v) is 9.05. The summed E-state index contributed by atoms with van der Waals surface area (Å²) in [4.78, 5) is 24.3. The number of carbonyl (C=O) groups is 2. The highest BCUT2D eigenvalue weighted by Crippen LogP contribution is 2.62. The van der Waals surface area contributed by atoms with Crippen LogP contribution in [0.4, 0.5) is 0 Å². The monoisotopic (exact) mass is 327 g/mol. The molecule has 1 amide bonds. The summed E-state index contributed by atoms with van der Waals surface area (Å²) < 4.78 is 5.48. The van der Waals surface area contributed by atoms with Gasteiger partial charge in [-0.05, 0) is 61.3 Å². The third-order valence-electron chi connectivity index (χ3n) is 6.64. The Morgan fingerprint density at radius 2 is 1.75 bits per heavy atom. The van der Waals surface area contributed by atoms with E-state index in [9.17, 15) is 9.59 Å². The third kappa shape index (κ3) is 2.72. The fraction of sp³-hybridized carbons (Fsp3) is 0.600. The minimum Gasteiger partial charge on any atom is -0.461 e. The number of nitrogens with two attached hydrogens (primary N) is 1. The van der Waals surface area contributed by atoms with Crippen molar-refractivity contribution < 1.29 is 14.3 Å². The van der Waals surface area contributed by atoms with Crippen molar-refractivity contribution in [3.63, 3.8) is 0 Å². The van der Waals surface area contributed by atoms with E-state index in [0.717, 1.165) is 37.7 Å². The predicted octanol–water partition coefficient (Wildman–Crippen LogP) is 3.05. The van der Waals surface area contributed by atoms with Gasteiger partial charge in [0, 0.05) is 11.8 Å². The van der Waals surface area contributed by atoms with Crippen LogP contribution in [0.1, 0.15) is 44.1 Å². The van der Waals surface area contributed by atoms with E-state index >= 15 is 0 Å². The van der Waals surface area contributed by atoms with Gasteiger partial charge >= 0.3 is 5.97 Å². The van der Waals surface area contributed by atoms with Crippen LogP contribution in [0.3, 0.4) is 0 Å². The summed E-state index contributed by atoms with van der Waals surface area (Å²) in [5, 5.41) is 0. The van der Waals surface area contributed by atoms with Gasteiger partial charge in [-0.1, -0.05) is 30.3 Å². The zero-order valence-electron chi connectivity index (χ0n) is 13.9. The molecular formula is C20H25NO3. The van der Waals surface area contributed by atoms with Crippen LogP contribution in [0.15, 0.2) is 30.3 Å². The van der Waals surface area contributed by atoms with E-state index in [1.807, 2.05) is 30.3 Å². The molecule has 1 aromatic carbocycles. The fourth-order valence-corrected chi connectivity index (χ4v) is 5.75. The third-order valence-corrected chi connectivity index (χ3v) is 6.64. The van der Waals surface area contributed by atoms with Crippen molar-refractivity contribution in [2.75, 3.05) is 0 Å². The van der Waals surface area contributed by atoms with Gasteiger partial charge in [0.1, 0.15) is 6.61 Å². The van der Waals surface area contributed by atoms with Crippen LogP contribution in [-0.4, -0.2) is 11.9 Å². The number of benzene rings is 1. The molecule has 5 atom stereocenters. The number of carbonyl (C=O) groups excluding carboxylic acids is 2. The molecule has 4 aliphatic carbocycles. The van der Waals surface area contributed by atoms with Gasteiger partial charge < -0.3 is 10.5 Å². The Morgan fingerprint density at radius 3 is 2.38 bits per heavy atom. The molecule has 0 heterocycles. The lowest BCUT2D eigenvalue weighted by Gasteiger charge is -2.58. The second-order valence-corrected chi connectivity index (χ2v) is 8.13. The molecule has 4 bridgehead atoms. The molecule has 1 aromatic rings. The first-order valence-electron chi connectivity index (χ1n) is 9.05. The average molecular weight is 327 g/mol. The van der Waals surface area contributed by atoms with Crippen LogP contribution in [0.2, 0.25) is 0 Å². The number of hydrogen-bond donors (Lipinski definition) is 1. The highest BCUT2D eigenvalue weighted by molar-refractivity contribution is 5.81. The molecule has 0 spiro atoms. The minimum absolute atomic E-state index is 0.107. The maximum atomic E-state index is 12.3. The number of primary amides is 1. The van der Waals surface area contributed by atoms with Crippen molar-refractivity contribution >= 4 is 11.9 Å². The zero-order chi connectivity index (χ0) is 16.7.